The van der Waals surface area contributed by atoms with Gasteiger partial charge in [0.2, 0.25) is 11.7 Å². The van der Waals surface area contributed by atoms with Crippen LogP contribution in [0.1, 0.15) is 23.1 Å². The summed E-state index contributed by atoms with van der Waals surface area (Å²) in [6.07, 6.45) is 1.80. The molecule has 0 fully saturated rings. The first-order chi connectivity index (χ1) is 17.5. The summed E-state index contributed by atoms with van der Waals surface area (Å²) in [7, 11) is 0. The van der Waals surface area contributed by atoms with Crippen LogP contribution in [-0.4, -0.2) is 37.4 Å². The lowest BCUT2D eigenvalue weighted by Crippen LogP contribution is -2.26. The Morgan fingerprint density at radius 1 is 0.972 bits per heavy atom. The van der Waals surface area contributed by atoms with E-state index in [0.29, 0.717) is 22.9 Å². The second-order valence-electron chi connectivity index (χ2n) is 8.79. The van der Waals surface area contributed by atoms with Gasteiger partial charge in [0.25, 0.3) is 5.56 Å². The summed E-state index contributed by atoms with van der Waals surface area (Å²) >= 11 is 1.31. The number of para-hydroxylation sites is 1. The molecule has 5 rings (SSSR count). The van der Waals surface area contributed by atoms with Gasteiger partial charge in [-0.1, -0.05) is 66.4 Å². The molecule has 2 aromatic heterocycles. The molecule has 1 amide bonds. The summed E-state index contributed by atoms with van der Waals surface area (Å²) in [6.45, 7) is 4.58. The SMILES string of the molecule is Cc1ccc(C)c(-n2c(=O)c3ccccc3n3c(SCC(=O)NCCCc4ccccc4)nnc23)c1. The predicted molar refractivity (Wildman–Crippen MR) is 144 cm³/mol. The fraction of sp³-hybridized carbons (Fsp3) is 0.214. The number of thioether (sulfide) groups is 1. The molecule has 0 saturated heterocycles. The number of rotatable bonds is 8. The Morgan fingerprint density at radius 2 is 1.75 bits per heavy atom. The molecule has 5 aromatic rings. The zero-order valence-corrected chi connectivity index (χ0v) is 21.1. The molecule has 0 bridgehead atoms. The lowest BCUT2D eigenvalue weighted by Gasteiger charge is -2.14. The molecule has 8 heteroatoms. The van der Waals surface area contributed by atoms with Crippen LogP contribution in [-0.2, 0) is 11.2 Å². The highest BCUT2D eigenvalue weighted by Gasteiger charge is 2.19. The van der Waals surface area contributed by atoms with E-state index in [2.05, 4.69) is 27.6 Å². The van der Waals surface area contributed by atoms with Gasteiger partial charge in [-0.25, -0.2) is 4.57 Å². The summed E-state index contributed by atoms with van der Waals surface area (Å²) in [4.78, 5) is 26.1. The minimum Gasteiger partial charge on any atom is -0.355 e. The zero-order chi connectivity index (χ0) is 25.1. The van der Waals surface area contributed by atoms with E-state index in [1.54, 1.807) is 4.57 Å². The van der Waals surface area contributed by atoms with Crippen LogP contribution < -0.4 is 10.9 Å². The summed E-state index contributed by atoms with van der Waals surface area (Å²) in [5.41, 5.74) is 4.62. The fourth-order valence-electron chi connectivity index (χ4n) is 4.30. The third kappa shape index (κ3) is 4.77. The van der Waals surface area contributed by atoms with Crippen molar-refractivity contribution in [1.29, 1.82) is 0 Å². The molecule has 36 heavy (non-hydrogen) atoms. The minimum absolute atomic E-state index is 0.0584. The highest BCUT2D eigenvalue weighted by Crippen LogP contribution is 2.24. The summed E-state index contributed by atoms with van der Waals surface area (Å²) in [5.74, 6) is 0.582. The smallest absolute Gasteiger partial charge is 0.267 e. The van der Waals surface area contributed by atoms with Crippen molar-refractivity contribution in [3.8, 4) is 5.69 Å². The number of hydrogen-bond acceptors (Lipinski definition) is 5. The maximum absolute atomic E-state index is 13.5. The number of carbonyl (C=O) groups is 1. The molecule has 0 spiro atoms. The van der Waals surface area contributed by atoms with E-state index in [0.717, 1.165) is 35.2 Å². The maximum Gasteiger partial charge on any atom is 0.267 e. The molecule has 182 valence electrons. The monoisotopic (exact) mass is 497 g/mol. The molecule has 0 saturated carbocycles. The fourth-order valence-corrected chi connectivity index (χ4v) is 5.07. The Morgan fingerprint density at radius 3 is 2.58 bits per heavy atom. The number of benzene rings is 3. The second kappa shape index (κ2) is 10.4. The van der Waals surface area contributed by atoms with Crippen molar-refractivity contribution in [2.75, 3.05) is 12.3 Å². The van der Waals surface area contributed by atoms with Crippen LogP contribution in [0.3, 0.4) is 0 Å². The number of aryl methyl sites for hydroxylation is 3. The Hall–Kier alpha value is -3.91. The molecule has 0 radical (unpaired) electrons. The Labute approximate surface area is 213 Å². The molecule has 0 aliphatic carbocycles. The number of hydrogen-bond donors (Lipinski definition) is 1. The van der Waals surface area contributed by atoms with E-state index >= 15 is 0 Å². The van der Waals surface area contributed by atoms with Gasteiger partial charge in [0.15, 0.2) is 5.16 Å². The highest BCUT2D eigenvalue weighted by atomic mass is 32.2. The van der Waals surface area contributed by atoms with Crippen LogP contribution in [0, 0.1) is 13.8 Å². The van der Waals surface area contributed by atoms with Crippen molar-refractivity contribution in [2.45, 2.75) is 31.8 Å². The average molecular weight is 498 g/mol. The summed E-state index contributed by atoms with van der Waals surface area (Å²) in [5, 5.41) is 12.9. The van der Waals surface area contributed by atoms with Crippen LogP contribution in [0.4, 0.5) is 0 Å². The molecule has 0 atom stereocenters. The Bertz CT molecular complexity index is 1610. The third-order valence-electron chi connectivity index (χ3n) is 6.14. The first-order valence-corrected chi connectivity index (χ1v) is 12.9. The summed E-state index contributed by atoms with van der Waals surface area (Å²) < 4.78 is 3.48. The molecule has 2 heterocycles. The normalized spacial score (nSPS) is 11.3. The van der Waals surface area contributed by atoms with E-state index in [-0.39, 0.29) is 17.2 Å². The van der Waals surface area contributed by atoms with Gasteiger partial charge in [-0.15, -0.1) is 10.2 Å². The number of carbonyl (C=O) groups excluding carboxylic acids is 1. The molecular formula is C28H27N5O2S. The second-order valence-corrected chi connectivity index (χ2v) is 9.74. The minimum atomic E-state index is -0.146. The van der Waals surface area contributed by atoms with Gasteiger partial charge >= 0.3 is 0 Å². The lowest BCUT2D eigenvalue weighted by atomic mass is 10.1. The van der Waals surface area contributed by atoms with Crippen LogP contribution in [0.25, 0.3) is 22.4 Å². The average Bonchev–Trinajstić information content (AvgIpc) is 3.32. The van der Waals surface area contributed by atoms with Gasteiger partial charge < -0.3 is 5.32 Å². The number of aromatic nitrogens is 4. The first kappa shape index (κ1) is 23.8. The van der Waals surface area contributed by atoms with Crippen LogP contribution in [0.15, 0.2) is 82.7 Å². The quantitative estimate of drug-likeness (QED) is 0.252. The number of nitrogens with zero attached hydrogens (tertiary/aromatic N) is 4. The van der Waals surface area contributed by atoms with Crippen molar-refractivity contribution < 1.29 is 4.79 Å². The number of fused-ring (bicyclic) bond motifs is 3. The maximum atomic E-state index is 13.5. The van der Waals surface area contributed by atoms with Gasteiger partial charge in [-0.2, -0.15) is 0 Å². The van der Waals surface area contributed by atoms with Gasteiger partial charge in [-0.05, 0) is 61.6 Å². The predicted octanol–water partition coefficient (Wildman–Crippen LogP) is 4.49. The largest absolute Gasteiger partial charge is 0.355 e. The Kier molecular flexibility index (Phi) is 6.86. The molecule has 0 aliphatic heterocycles. The first-order valence-electron chi connectivity index (χ1n) is 11.9. The molecule has 3 aromatic carbocycles. The number of nitrogens with one attached hydrogen (secondary N) is 1. The van der Waals surface area contributed by atoms with Crippen LogP contribution in [0.5, 0.6) is 0 Å². The topological polar surface area (TPSA) is 81.3 Å². The van der Waals surface area contributed by atoms with Gasteiger partial charge in [0.05, 0.1) is 22.3 Å². The standard InChI is InChI=1S/C28H27N5O2S/c1-19-14-15-20(2)24(17-19)32-26(35)22-12-6-7-13-23(22)33-27(32)30-31-28(33)36-18-25(34)29-16-8-11-21-9-4-3-5-10-21/h3-7,9-10,12-15,17H,8,11,16,18H2,1-2H3,(H,29,34). The van der Waals surface area contributed by atoms with Crippen molar-refractivity contribution in [3.63, 3.8) is 0 Å². The molecular weight excluding hydrogens is 470 g/mol. The zero-order valence-electron chi connectivity index (χ0n) is 20.3. The van der Waals surface area contributed by atoms with E-state index in [1.165, 1.54) is 17.3 Å². The van der Waals surface area contributed by atoms with E-state index in [1.807, 2.05) is 78.9 Å². The Balaban J connectivity index is 1.40. The third-order valence-corrected chi connectivity index (χ3v) is 7.07. The molecule has 0 aliphatic rings. The van der Waals surface area contributed by atoms with Crippen molar-refractivity contribution >= 4 is 34.3 Å². The van der Waals surface area contributed by atoms with Crippen LogP contribution in [0.2, 0.25) is 0 Å². The van der Waals surface area contributed by atoms with Crippen molar-refractivity contribution in [3.05, 3.63) is 99.8 Å². The van der Waals surface area contributed by atoms with Crippen molar-refractivity contribution in [1.82, 2.24) is 24.5 Å². The summed E-state index contributed by atoms with van der Waals surface area (Å²) in [6, 6.07) is 23.7. The highest BCUT2D eigenvalue weighted by molar-refractivity contribution is 7.99. The van der Waals surface area contributed by atoms with Gasteiger partial charge in [0, 0.05) is 6.54 Å². The van der Waals surface area contributed by atoms with Gasteiger partial charge in [0.1, 0.15) is 0 Å². The number of amides is 1. The van der Waals surface area contributed by atoms with Crippen molar-refractivity contribution in [2.24, 2.45) is 0 Å². The molecule has 7 nitrogen and oxygen atoms in total. The molecule has 0 unspecified atom stereocenters. The van der Waals surface area contributed by atoms with E-state index < -0.39 is 0 Å². The van der Waals surface area contributed by atoms with E-state index in [4.69, 9.17) is 0 Å². The van der Waals surface area contributed by atoms with E-state index in [9.17, 15) is 9.59 Å². The van der Waals surface area contributed by atoms with Gasteiger partial charge in [-0.3, -0.25) is 14.0 Å². The van der Waals surface area contributed by atoms with Crippen LogP contribution >= 0.6 is 11.8 Å². The lowest BCUT2D eigenvalue weighted by molar-refractivity contribution is -0.118. The molecule has 1 N–H and O–H groups in total.